The summed E-state index contributed by atoms with van der Waals surface area (Å²) in [7, 11) is 0. The number of nitrogens with one attached hydrogen (secondary N) is 1. The lowest BCUT2D eigenvalue weighted by molar-refractivity contribution is -0.136. The number of halogens is 3. The van der Waals surface area contributed by atoms with Crippen molar-refractivity contribution in [1.82, 2.24) is 19.7 Å². The number of hydrogen-bond donors (Lipinski definition) is 1. The Morgan fingerprint density at radius 1 is 1.19 bits per heavy atom. The highest BCUT2D eigenvalue weighted by molar-refractivity contribution is 5.92. The molecule has 0 bridgehead atoms. The number of fused-ring (bicyclic) bond motifs is 1. The van der Waals surface area contributed by atoms with Gasteiger partial charge in [-0.1, -0.05) is 12.1 Å². The van der Waals surface area contributed by atoms with Crippen LogP contribution in [0.25, 0.3) is 11.0 Å². The number of ether oxygens (including phenoxy) is 1. The van der Waals surface area contributed by atoms with Crippen LogP contribution in [0.3, 0.4) is 0 Å². The summed E-state index contributed by atoms with van der Waals surface area (Å²) in [5.74, 6) is -0.394. The number of anilines is 1. The molecule has 2 aromatic heterocycles. The van der Waals surface area contributed by atoms with Gasteiger partial charge in [-0.3, -0.25) is 9.69 Å². The van der Waals surface area contributed by atoms with Crippen LogP contribution in [0.5, 0.6) is 0 Å². The lowest BCUT2D eigenvalue weighted by Crippen LogP contribution is -2.35. The van der Waals surface area contributed by atoms with Crippen molar-refractivity contribution >= 4 is 22.6 Å². The first-order valence-corrected chi connectivity index (χ1v) is 10.3. The van der Waals surface area contributed by atoms with Crippen LogP contribution in [0, 0.1) is 13.8 Å². The van der Waals surface area contributed by atoms with Crippen LogP contribution in [0.2, 0.25) is 0 Å². The summed E-state index contributed by atoms with van der Waals surface area (Å²) in [4.78, 5) is 19.1. The number of alkyl halides is 3. The van der Waals surface area contributed by atoms with Crippen molar-refractivity contribution in [2.24, 2.45) is 0 Å². The van der Waals surface area contributed by atoms with Gasteiger partial charge in [0, 0.05) is 31.0 Å². The molecule has 1 fully saturated rings. The molecule has 1 aliphatic rings. The van der Waals surface area contributed by atoms with Crippen molar-refractivity contribution in [3.63, 3.8) is 0 Å². The Balaban J connectivity index is 1.51. The minimum absolute atomic E-state index is 0.0473. The Bertz CT molecular complexity index is 1140. The molecule has 3 heterocycles. The summed E-state index contributed by atoms with van der Waals surface area (Å²) < 4.78 is 47.0. The van der Waals surface area contributed by atoms with E-state index < -0.39 is 17.6 Å². The maximum Gasteiger partial charge on any atom is 0.417 e. The molecule has 10 heteroatoms. The van der Waals surface area contributed by atoms with Gasteiger partial charge < -0.3 is 10.1 Å². The van der Waals surface area contributed by atoms with Gasteiger partial charge in [0.05, 0.1) is 29.9 Å². The van der Waals surface area contributed by atoms with Crippen molar-refractivity contribution in [3.8, 4) is 0 Å². The van der Waals surface area contributed by atoms with E-state index in [1.807, 2.05) is 18.2 Å². The number of morpholine rings is 1. The highest BCUT2D eigenvalue weighted by Crippen LogP contribution is 2.36. The van der Waals surface area contributed by atoms with Crippen molar-refractivity contribution in [3.05, 3.63) is 52.8 Å². The minimum Gasteiger partial charge on any atom is -0.379 e. The van der Waals surface area contributed by atoms with Gasteiger partial charge in [0.2, 0.25) is 5.91 Å². The number of nitrogens with zero attached hydrogens (tertiary/aromatic N) is 4. The number of aryl methyl sites for hydroxylation is 2. The van der Waals surface area contributed by atoms with Crippen LogP contribution in [-0.2, 0) is 28.8 Å². The Kier molecular flexibility index (Phi) is 6.16. The molecule has 1 aromatic carbocycles. The predicted molar refractivity (Wildman–Crippen MR) is 113 cm³/mol. The highest BCUT2D eigenvalue weighted by atomic mass is 19.4. The van der Waals surface area contributed by atoms with Gasteiger partial charge in [0.25, 0.3) is 0 Å². The van der Waals surface area contributed by atoms with E-state index in [0.29, 0.717) is 18.9 Å². The monoisotopic (exact) mass is 447 g/mol. The fraction of sp³-hybridized carbons (Fsp3) is 0.409. The number of rotatable bonds is 5. The normalized spacial score (nSPS) is 15.3. The van der Waals surface area contributed by atoms with Gasteiger partial charge in [-0.05, 0) is 37.6 Å². The molecule has 1 N–H and O–H groups in total. The first-order valence-electron chi connectivity index (χ1n) is 10.3. The summed E-state index contributed by atoms with van der Waals surface area (Å²) in [6.07, 6.45) is -4.53. The molecule has 170 valence electrons. The van der Waals surface area contributed by atoms with E-state index in [2.05, 4.69) is 20.3 Å². The lowest BCUT2D eigenvalue weighted by atomic mass is 10.1. The van der Waals surface area contributed by atoms with Crippen molar-refractivity contribution in [1.29, 1.82) is 0 Å². The number of pyridine rings is 1. The topological polar surface area (TPSA) is 72.3 Å². The molecule has 1 amide bonds. The zero-order valence-corrected chi connectivity index (χ0v) is 17.9. The number of hydrogen-bond acceptors (Lipinski definition) is 5. The largest absolute Gasteiger partial charge is 0.417 e. The van der Waals surface area contributed by atoms with E-state index in [1.54, 1.807) is 6.07 Å². The third-order valence-corrected chi connectivity index (χ3v) is 5.32. The van der Waals surface area contributed by atoms with Crippen LogP contribution in [0.15, 0.2) is 30.3 Å². The molecule has 0 saturated carbocycles. The van der Waals surface area contributed by atoms with E-state index >= 15 is 0 Å². The number of benzene rings is 1. The molecule has 0 atom stereocenters. The standard InChI is InChI=1S/C22H24F3N5O2/c1-14-10-18(22(23,24)25)20-15(2)28-30(21(20)26-14)13-19(31)27-17-5-3-4-16(11-17)12-29-6-8-32-9-7-29/h3-5,10-11H,6-9,12-13H2,1-2H3,(H,27,31). The van der Waals surface area contributed by atoms with Crippen LogP contribution < -0.4 is 5.32 Å². The summed E-state index contributed by atoms with van der Waals surface area (Å²) in [6.45, 7) is 6.60. The van der Waals surface area contributed by atoms with Gasteiger partial charge in [0.1, 0.15) is 6.54 Å². The molecule has 0 unspecified atom stereocenters. The first kappa shape index (κ1) is 22.2. The Labute approximate surface area is 183 Å². The van der Waals surface area contributed by atoms with E-state index in [-0.39, 0.29) is 29.0 Å². The van der Waals surface area contributed by atoms with E-state index in [1.165, 1.54) is 18.5 Å². The minimum atomic E-state index is -4.53. The summed E-state index contributed by atoms with van der Waals surface area (Å²) in [6, 6.07) is 8.52. The van der Waals surface area contributed by atoms with Gasteiger partial charge >= 0.3 is 6.18 Å². The van der Waals surface area contributed by atoms with Crippen molar-refractivity contribution in [2.45, 2.75) is 33.1 Å². The molecular formula is C22H24F3N5O2. The number of carbonyl (C=O) groups is 1. The summed E-state index contributed by atoms with van der Waals surface area (Å²) >= 11 is 0. The predicted octanol–water partition coefficient (Wildman–Crippen LogP) is 3.54. The third kappa shape index (κ3) is 4.91. The molecule has 32 heavy (non-hydrogen) atoms. The first-order chi connectivity index (χ1) is 15.2. The van der Waals surface area contributed by atoms with Gasteiger partial charge in [-0.15, -0.1) is 0 Å². The second-order valence-corrected chi connectivity index (χ2v) is 7.89. The van der Waals surface area contributed by atoms with Crippen LogP contribution >= 0.6 is 0 Å². The van der Waals surface area contributed by atoms with Crippen LogP contribution in [0.4, 0.5) is 18.9 Å². The van der Waals surface area contributed by atoms with E-state index in [9.17, 15) is 18.0 Å². The second kappa shape index (κ2) is 8.87. The number of carbonyl (C=O) groups excluding carboxylic acids is 1. The van der Waals surface area contributed by atoms with Crippen LogP contribution in [0.1, 0.15) is 22.5 Å². The maximum atomic E-state index is 13.5. The Hall–Kier alpha value is -2.98. The van der Waals surface area contributed by atoms with Gasteiger partial charge in [-0.25, -0.2) is 9.67 Å². The summed E-state index contributed by atoms with van der Waals surface area (Å²) in [5.41, 5.74) is 1.32. The van der Waals surface area contributed by atoms with Crippen molar-refractivity contribution < 1.29 is 22.7 Å². The highest BCUT2D eigenvalue weighted by Gasteiger charge is 2.35. The third-order valence-electron chi connectivity index (χ3n) is 5.32. The molecule has 1 aliphatic heterocycles. The van der Waals surface area contributed by atoms with Crippen molar-refractivity contribution in [2.75, 3.05) is 31.6 Å². The number of amides is 1. The fourth-order valence-corrected chi connectivity index (χ4v) is 3.91. The zero-order chi connectivity index (χ0) is 22.9. The number of aromatic nitrogens is 3. The van der Waals surface area contributed by atoms with Gasteiger partial charge in [-0.2, -0.15) is 18.3 Å². The average molecular weight is 447 g/mol. The molecule has 7 nitrogen and oxygen atoms in total. The summed E-state index contributed by atoms with van der Waals surface area (Å²) in [5, 5.41) is 6.88. The quantitative estimate of drug-likeness (QED) is 0.648. The van der Waals surface area contributed by atoms with Crippen LogP contribution in [-0.4, -0.2) is 51.9 Å². The molecular weight excluding hydrogens is 423 g/mol. The van der Waals surface area contributed by atoms with Gasteiger partial charge in [0.15, 0.2) is 5.65 Å². The molecule has 0 radical (unpaired) electrons. The molecule has 0 aliphatic carbocycles. The molecule has 0 spiro atoms. The average Bonchev–Trinajstić information content (AvgIpc) is 3.02. The SMILES string of the molecule is Cc1cc(C(F)(F)F)c2c(C)nn(CC(=O)Nc3cccc(CN4CCOCC4)c3)c2n1. The fourth-order valence-electron chi connectivity index (χ4n) is 3.91. The Morgan fingerprint density at radius 2 is 1.94 bits per heavy atom. The Morgan fingerprint density at radius 3 is 2.66 bits per heavy atom. The van der Waals surface area contributed by atoms with E-state index in [4.69, 9.17) is 4.74 Å². The second-order valence-electron chi connectivity index (χ2n) is 7.89. The lowest BCUT2D eigenvalue weighted by Gasteiger charge is -2.26. The molecule has 1 saturated heterocycles. The molecule has 3 aromatic rings. The molecule has 4 rings (SSSR count). The maximum absolute atomic E-state index is 13.5. The smallest absolute Gasteiger partial charge is 0.379 e. The van der Waals surface area contributed by atoms with E-state index in [0.717, 1.165) is 31.3 Å². The zero-order valence-electron chi connectivity index (χ0n) is 17.9.